The third-order valence-electron chi connectivity index (χ3n) is 3.29. The molecule has 15 heavy (non-hydrogen) atoms. The molecule has 1 aliphatic rings. The molecule has 2 rings (SSSR count). The van der Waals surface area contributed by atoms with Crippen molar-refractivity contribution in [3.63, 3.8) is 0 Å². The molecule has 84 valence electrons. The third-order valence-corrected chi connectivity index (χ3v) is 3.29. The number of nitrogens with two attached hydrogens (primary N) is 1. The molecule has 1 saturated heterocycles. The number of hydrogen-bond acceptors (Lipinski definition) is 4. The predicted molar refractivity (Wildman–Crippen MR) is 58.2 cm³/mol. The van der Waals surface area contributed by atoms with Gasteiger partial charge in [0.2, 0.25) is 0 Å². The highest BCUT2D eigenvalue weighted by atomic mass is 15.3. The lowest BCUT2D eigenvalue weighted by atomic mass is 10.1. The molecule has 1 aliphatic heterocycles. The van der Waals surface area contributed by atoms with Crippen LogP contribution in [0.5, 0.6) is 0 Å². The third kappa shape index (κ3) is 2.03. The normalized spacial score (nSPS) is 27.5. The molecule has 0 aromatic carbocycles. The first-order chi connectivity index (χ1) is 7.08. The summed E-state index contributed by atoms with van der Waals surface area (Å²) in [7, 11) is 2.00. The number of nitrogens with zero attached hydrogens (tertiary/aromatic N) is 4. The van der Waals surface area contributed by atoms with Gasteiger partial charge < -0.3 is 10.3 Å². The molecule has 0 bridgehead atoms. The minimum atomic E-state index is 0.305. The van der Waals surface area contributed by atoms with Crippen LogP contribution in [0.3, 0.4) is 0 Å². The van der Waals surface area contributed by atoms with Gasteiger partial charge in [-0.3, -0.25) is 4.90 Å². The van der Waals surface area contributed by atoms with Crippen LogP contribution < -0.4 is 5.73 Å². The highest BCUT2D eigenvalue weighted by molar-refractivity contribution is 4.94. The molecule has 0 spiro atoms. The van der Waals surface area contributed by atoms with Crippen molar-refractivity contribution in [2.24, 2.45) is 18.7 Å². The molecule has 2 unspecified atom stereocenters. The predicted octanol–water partition coefficient (Wildman–Crippen LogP) is -0.0975. The lowest BCUT2D eigenvalue weighted by molar-refractivity contribution is 0.306. The largest absolute Gasteiger partial charge is 0.326 e. The van der Waals surface area contributed by atoms with E-state index < -0.39 is 0 Å². The van der Waals surface area contributed by atoms with Gasteiger partial charge in [-0.15, -0.1) is 10.2 Å². The number of hydrogen-bond donors (Lipinski definition) is 1. The average Bonchev–Trinajstić information content (AvgIpc) is 2.65. The second-order valence-electron chi connectivity index (χ2n) is 4.56. The average molecular weight is 209 g/mol. The van der Waals surface area contributed by atoms with Gasteiger partial charge in [-0.1, -0.05) is 6.92 Å². The number of aromatic nitrogens is 3. The van der Waals surface area contributed by atoms with E-state index in [1.54, 1.807) is 0 Å². The Kier molecular flexibility index (Phi) is 2.75. The van der Waals surface area contributed by atoms with E-state index in [4.69, 9.17) is 5.73 Å². The van der Waals surface area contributed by atoms with Crippen LogP contribution in [0.15, 0.2) is 0 Å². The summed E-state index contributed by atoms with van der Waals surface area (Å²) < 4.78 is 2.04. The van der Waals surface area contributed by atoms with Crippen molar-refractivity contribution in [3.8, 4) is 0 Å². The van der Waals surface area contributed by atoms with E-state index in [1.165, 1.54) is 0 Å². The van der Waals surface area contributed by atoms with Gasteiger partial charge in [-0.25, -0.2) is 0 Å². The Morgan fingerprint density at radius 1 is 1.40 bits per heavy atom. The molecule has 0 aliphatic carbocycles. The Hall–Kier alpha value is -0.940. The fourth-order valence-corrected chi connectivity index (χ4v) is 2.01. The molecule has 1 aromatic rings. The lowest BCUT2D eigenvalue weighted by Gasteiger charge is -2.14. The minimum absolute atomic E-state index is 0.305. The van der Waals surface area contributed by atoms with Crippen LogP contribution in [0.1, 0.15) is 18.6 Å². The SMILES string of the molecule is Cc1nnc(CN2CC(C)C(N)C2)n1C. The first kappa shape index (κ1) is 10.6. The fourth-order valence-electron chi connectivity index (χ4n) is 2.01. The van der Waals surface area contributed by atoms with Gasteiger partial charge in [0, 0.05) is 26.2 Å². The fraction of sp³-hybridized carbons (Fsp3) is 0.800. The summed E-state index contributed by atoms with van der Waals surface area (Å²) in [6.07, 6.45) is 0. The van der Waals surface area contributed by atoms with Crippen molar-refractivity contribution in [2.75, 3.05) is 13.1 Å². The highest BCUT2D eigenvalue weighted by Crippen LogP contribution is 2.16. The maximum atomic E-state index is 5.98. The molecule has 0 saturated carbocycles. The molecule has 0 amide bonds. The zero-order valence-electron chi connectivity index (χ0n) is 9.64. The van der Waals surface area contributed by atoms with Crippen molar-refractivity contribution >= 4 is 0 Å². The van der Waals surface area contributed by atoms with E-state index in [0.29, 0.717) is 12.0 Å². The van der Waals surface area contributed by atoms with Crippen LogP contribution in [0.2, 0.25) is 0 Å². The Morgan fingerprint density at radius 2 is 2.13 bits per heavy atom. The minimum Gasteiger partial charge on any atom is -0.326 e. The summed E-state index contributed by atoms with van der Waals surface area (Å²) in [6, 6.07) is 0.305. The molecule has 5 nitrogen and oxygen atoms in total. The van der Waals surface area contributed by atoms with E-state index in [0.717, 1.165) is 31.3 Å². The van der Waals surface area contributed by atoms with Crippen LogP contribution in [0.4, 0.5) is 0 Å². The monoisotopic (exact) mass is 209 g/mol. The van der Waals surface area contributed by atoms with Crippen molar-refractivity contribution in [3.05, 3.63) is 11.6 Å². The summed E-state index contributed by atoms with van der Waals surface area (Å²) in [5.41, 5.74) is 5.98. The van der Waals surface area contributed by atoms with E-state index >= 15 is 0 Å². The van der Waals surface area contributed by atoms with Gasteiger partial charge in [0.25, 0.3) is 0 Å². The zero-order chi connectivity index (χ0) is 11.0. The Labute approximate surface area is 90.3 Å². The van der Waals surface area contributed by atoms with Crippen LogP contribution in [0, 0.1) is 12.8 Å². The number of aryl methyl sites for hydroxylation is 1. The number of likely N-dealkylation sites (tertiary alicyclic amines) is 1. The maximum Gasteiger partial charge on any atom is 0.146 e. The molecule has 1 fully saturated rings. The standard InChI is InChI=1S/C10H19N5/c1-7-4-15(5-9(7)11)6-10-13-12-8(2)14(10)3/h7,9H,4-6,11H2,1-3H3. The molecule has 2 atom stereocenters. The topological polar surface area (TPSA) is 60.0 Å². The van der Waals surface area contributed by atoms with Crippen LogP contribution in [0.25, 0.3) is 0 Å². The Morgan fingerprint density at radius 3 is 2.60 bits per heavy atom. The van der Waals surface area contributed by atoms with Crippen molar-refractivity contribution in [1.82, 2.24) is 19.7 Å². The quantitative estimate of drug-likeness (QED) is 0.739. The lowest BCUT2D eigenvalue weighted by Crippen LogP contribution is -2.28. The Balaban J connectivity index is 2.01. The molecule has 0 radical (unpaired) electrons. The molecule has 2 N–H and O–H groups in total. The second-order valence-corrected chi connectivity index (χ2v) is 4.56. The maximum absolute atomic E-state index is 5.98. The molecule has 5 heteroatoms. The van der Waals surface area contributed by atoms with E-state index in [2.05, 4.69) is 22.0 Å². The summed E-state index contributed by atoms with van der Waals surface area (Å²) >= 11 is 0. The van der Waals surface area contributed by atoms with Gasteiger partial charge in [0.05, 0.1) is 6.54 Å². The second kappa shape index (κ2) is 3.90. The summed E-state index contributed by atoms with van der Waals surface area (Å²) in [5, 5.41) is 8.21. The Bertz CT molecular complexity index is 336. The first-order valence-electron chi connectivity index (χ1n) is 5.40. The smallest absolute Gasteiger partial charge is 0.146 e. The van der Waals surface area contributed by atoms with Gasteiger partial charge >= 0.3 is 0 Å². The first-order valence-corrected chi connectivity index (χ1v) is 5.40. The van der Waals surface area contributed by atoms with Gasteiger partial charge in [0.1, 0.15) is 11.6 Å². The van der Waals surface area contributed by atoms with Crippen molar-refractivity contribution in [2.45, 2.75) is 26.4 Å². The van der Waals surface area contributed by atoms with Crippen LogP contribution in [-0.4, -0.2) is 38.8 Å². The van der Waals surface area contributed by atoms with Crippen molar-refractivity contribution in [1.29, 1.82) is 0 Å². The highest BCUT2D eigenvalue weighted by Gasteiger charge is 2.27. The van der Waals surface area contributed by atoms with Crippen molar-refractivity contribution < 1.29 is 0 Å². The molecule has 2 heterocycles. The van der Waals surface area contributed by atoms with Crippen LogP contribution >= 0.6 is 0 Å². The van der Waals surface area contributed by atoms with E-state index in [1.807, 2.05) is 18.5 Å². The molecule has 1 aromatic heterocycles. The summed E-state index contributed by atoms with van der Waals surface area (Å²) in [6.45, 7) is 7.05. The van der Waals surface area contributed by atoms with Gasteiger partial charge in [-0.05, 0) is 12.8 Å². The summed E-state index contributed by atoms with van der Waals surface area (Å²) in [4.78, 5) is 2.35. The number of rotatable bonds is 2. The zero-order valence-corrected chi connectivity index (χ0v) is 9.64. The van der Waals surface area contributed by atoms with Gasteiger partial charge in [-0.2, -0.15) is 0 Å². The summed E-state index contributed by atoms with van der Waals surface area (Å²) in [5.74, 6) is 2.56. The van der Waals surface area contributed by atoms with E-state index in [-0.39, 0.29) is 0 Å². The van der Waals surface area contributed by atoms with E-state index in [9.17, 15) is 0 Å². The molecular formula is C10H19N5. The molecular weight excluding hydrogens is 190 g/mol. The van der Waals surface area contributed by atoms with Gasteiger partial charge in [0.15, 0.2) is 0 Å². The van der Waals surface area contributed by atoms with Crippen LogP contribution in [-0.2, 0) is 13.6 Å².